The number of carbonyl (C=O) groups excluding carboxylic acids is 1. The van der Waals surface area contributed by atoms with Crippen molar-refractivity contribution in [2.45, 2.75) is 12.8 Å². The molecular formula is C20H22N2O4S. The third-order valence-electron chi connectivity index (χ3n) is 4.08. The van der Waals surface area contributed by atoms with Crippen molar-refractivity contribution in [2.24, 2.45) is 0 Å². The Morgan fingerprint density at radius 1 is 1.19 bits per heavy atom. The van der Waals surface area contributed by atoms with Crippen molar-refractivity contribution < 1.29 is 17.9 Å². The van der Waals surface area contributed by atoms with Gasteiger partial charge < -0.3 is 10.1 Å². The molecule has 0 bridgehead atoms. The van der Waals surface area contributed by atoms with Gasteiger partial charge in [0.1, 0.15) is 12.4 Å². The quantitative estimate of drug-likeness (QED) is 0.717. The summed E-state index contributed by atoms with van der Waals surface area (Å²) in [6, 6.07) is 12.4. The molecule has 6 nitrogen and oxygen atoms in total. The maximum atomic E-state index is 12.3. The Bertz CT molecular complexity index is 968. The number of hydrogen-bond donors (Lipinski definition) is 2. The zero-order valence-corrected chi connectivity index (χ0v) is 15.9. The zero-order valence-electron chi connectivity index (χ0n) is 15.1. The van der Waals surface area contributed by atoms with Crippen LogP contribution in [0.3, 0.4) is 0 Å². The molecule has 0 spiro atoms. The van der Waals surface area contributed by atoms with Gasteiger partial charge in [0.15, 0.2) is 0 Å². The Morgan fingerprint density at radius 3 is 2.85 bits per heavy atom. The molecule has 0 heterocycles. The molecule has 27 heavy (non-hydrogen) atoms. The maximum absolute atomic E-state index is 12.3. The summed E-state index contributed by atoms with van der Waals surface area (Å²) in [4.78, 5) is 12.3. The molecule has 1 aliphatic carbocycles. The maximum Gasteiger partial charge on any atom is 0.251 e. The molecular weight excluding hydrogens is 364 g/mol. The van der Waals surface area contributed by atoms with Crippen LogP contribution in [0.1, 0.15) is 27.9 Å². The summed E-state index contributed by atoms with van der Waals surface area (Å²) >= 11 is 0. The van der Waals surface area contributed by atoms with Crippen LogP contribution >= 0.6 is 0 Å². The Kier molecular flexibility index (Phi) is 5.81. The zero-order chi connectivity index (χ0) is 19.3. The molecule has 0 saturated heterocycles. The van der Waals surface area contributed by atoms with Gasteiger partial charge in [0.25, 0.3) is 5.91 Å². The first-order chi connectivity index (χ1) is 12.9. The Balaban J connectivity index is 1.49. The largest absolute Gasteiger partial charge is 0.492 e. The van der Waals surface area contributed by atoms with E-state index < -0.39 is 10.0 Å². The van der Waals surface area contributed by atoms with Crippen molar-refractivity contribution in [3.8, 4) is 5.75 Å². The number of nitrogens with one attached hydrogen (secondary N) is 2. The number of anilines is 1. The third-order valence-corrected chi connectivity index (χ3v) is 4.68. The highest BCUT2D eigenvalue weighted by Crippen LogP contribution is 2.20. The molecule has 1 aliphatic rings. The second-order valence-electron chi connectivity index (χ2n) is 6.36. The molecule has 2 N–H and O–H groups in total. The Morgan fingerprint density at radius 2 is 2.04 bits per heavy atom. The number of rotatable bonds is 7. The second kappa shape index (κ2) is 8.26. The van der Waals surface area contributed by atoms with Gasteiger partial charge in [0, 0.05) is 11.6 Å². The van der Waals surface area contributed by atoms with Crippen LogP contribution in [0, 0.1) is 0 Å². The first kappa shape index (κ1) is 19.0. The molecule has 3 rings (SSSR count). The van der Waals surface area contributed by atoms with E-state index in [0.29, 0.717) is 23.5 Å². The number of carbonyl (C=O) groups is 1. The molecule has 142 valence electrons. The van der Waals surface area contributed by atoms with Crippen molar-refractivity contribution in [1.82, 2.24) is 5.32 Å². The molecule has 0 unspecified atom stereocenters. The van der Waals surface area contributed by atoms with Gasteiger partial charge in [0.2, 0.25) is 10.0 Å². The number of hydrogen-bond acceptors (Lipinski definition) is 4. The highest BCUT2D eigenvalue weighted by Gasteiger charge is 2.10. The fraction of sp³-hybridized carbons (Fsp3) is 0.250. The van der Waals surface area contributed by atoms with Crippen molar-refractivity contribution >= 4 is 27.7 Å². The van der Waals surface area contributed by atoms with E-state index in [-0.39, 0.29) is 12.5 Å². The average molecular weight is 386 g/mol. The van der Waals surface area contributed by atoms with Crippen LogP contribution in [0.15, 0.2) is 48.5 Å². The first-order valence-electron chi connectivity index (χ1n) is 8.69. The molecule has 2 aromatic rings. The highest BCUT2D eigenvalue weighted by molar-refractivity contribution is 7.92. The molecule has 0 saturated carbocycles. The average Bonchev–Trinajstić information content (AvgIpc) is 2.63. The Labute approximate surface area is 159 Å². The molecule has 7 heteroatoms. The number of sulfonamides is 1. The van der Waals surface area contributed by atoms with E-state index in [9.17, 15) is 13.2 Å². The summed E-state index contributed by atoms with van der Waals surface area (Å²) in [6.07, 6.45) is 7.26. The van der Waals surface area contributed by atoms with Gasteiger partial charge in [-0.2, -0.15) is 0 Å². The van der Waals surface area contributed by atoms with E-state index in [1.165, 1.54) is 11.1 Å². The number of aryl methyl sites for hydroxylation is 1. The molecule has 0 fully saturated rings. The van der Waals surface area contributed by atoms with Gasteiger partial charge in [-0.1, -0.05) is 24.3 Å². The van der Waals surface area contributed by atoms with E-state index in [1.54, 1.807) is 24.3 Å². The van der Waals surface area contributed by atoms with Crippen molar-refractivity contribution in [3.63, 3.8) is 0 Å². The van der Waals surface area contributed by atoms with Crippen LogP contribution in [0.2, 0.25) is 0 Å². The monoisotopic (exact) mass is 386 g/mol. The van der Waals surface area contributed by atoms with Crippen LogP contribution < -0.4 is 14.8 Å². The predicted octanol–water partition coefficient (Wildman–Crippen LogP) is 2.83. The molecule has 2 aromatic carbocycles. The number of ether oxygens (including phenoxy) is 1. The number of benzene rings is 2. The summed E-state index contributed by atoms with van der Waals surface area (Å²) in [5, 5.41) is 2.84. The lowest BCUT2D eigenvalue weighted by Crippen LogP contribution is -2.28. The normalized spacial score (nSPS) is 12.9. The highest BCUT2D eigenvalue weighted by atomic mass is 32.2. The number of fused-ring (bicyclic) bond motifs is 1. The van der Waals surface area contributed by atoms with Crippen LogP contribution in [-0.4, -0.2) is 33.7 Å². The van der Waals surface area contributed by atoms with Crippen molar-refractivity contribution in [1.29, 1.82) is 0 Å². The van der Waals surface area contributed by atoms with E-state index in [0.717, 1.165) is 19.1 Å². The van der Waals surface area contributed by atoms with Gasteiger partial charge >= 0.3 is 0 Å². The minimum Gasteiger partial charge on any atom is -0.492 e. The minimum absolute atomic E-state index is 0.136. The van der Waals surface area contributed by atoms with Crippen molar-refractivity contribution in [3.05, 3.63) is 65.2 Å². The van der Waals surface area contributed by atoms with Crippen LogP contribution in [0.25, 0.3) is 6.08 Å². The predicted molar refractivity (Wildman–Crippen MR) is 107 cm³/mol. The fourth-order valence-corrected chi connectivity index (χ4v) is 3.43. The molecule has 1 amide bonds. The molecule has 0 radical (unpaired) electrons. The van der Waals surface area contributed by atoms with Gasteiger partial charge in [0.05, 0.1) is 18.5 Å². The molecule has 0 aromatic heterocycles. The molecule has 0 atom stereocenters. The summed E-state index contributed by atoms with van der Waals surface area (Å²) < 4.78 is 30.5. The summed E-state index contributed by atoms with van der Waals surface area (Å²) in [5.41, 5.74) is 3.44. The fourth-order valence-electron chi connectivity index (χ4n) is 2.87. The SMILES string of the molecule is CS(=O)(=O)Nc1cccc(OCCNC(=O)c2ccc3c(c2)CCC=C3)c1. The van der Waals surface area contributed by atoms with Crippen LogP contribution in [0.4, 0.5) is 5.69 Å². The number of amides is 1. The Hall–Kier alpha value is -2.80. The lowest BCUT2D eigenvalue weighted by atomic mass is 9.95. The molecule has 0 aliphatic heterocycles. The van der Waals surface area contributed by atoms with Crippen LogP contribution in [0.5, 0.6) is 5.75 Å². The second-order valence-corrected chi connectivity index (χ2v) is 8.11. The van der Waals surface area contributed by atoms with E-state index >= 15 is 0 Å². The smallest absolute Gasteiger partial charge is 0.251 e. The van der Waals surface area contributed by atoms with Crippen LogP contribution in [-0.2, 0) is 16.4 Å². The van der Waals surface area contributed by atoms with E-state index in [2.05, 4.69) is 22.2 Å². The lowest BCUT2D eigenvalue weighted by molar-refractivity contribution is 0.0947. The lowest BCUT2D eigenvalue weighted by Gasteiger charge is -2.13. The van der Waals surface area contributed by atoms with Gasteiger partial charge in [-0.15, -0.1) is 0 Å². The third kappa shape index (κ3) is 5.59. The summed E-state index contributed by atoms with van der Waals surface area (Å²) in [7, 11) is -3.33. The number of allylic oxidation sites excluding steroid dienone is 1. The van der Waals surface area contributed by atoms with Gasteiger partial charge in [-0.25, -0.2) is 8.42 Å². The van der Waals surface area contributed by atoms with E-state index in [4.69, 9.17) is 4.74 Å². The first-order valence-corrected chi connectivity index (χ1v) is 10.6. The topological polar surface area (TPSA) is 84.5 Å². The van der Waals surface area contributed by atoms with Gasteiger partial charge in [-0.3, -0.25) is 9.52 Å². The van der Waals surface area contributed by atoms with Gasteiger partial charge in [-0.05, 0) is 48.2 Å². The van der Waals surface area contributed by atoms with E-state index in [1.807, 2.05) is 18.2 Å². The van der Waals surface area contributed by atoms with Crippen molar-refractivity contribution in [2.75, 3.05) is 24.1 Å². The minimum atomic E-state index is -3.33. The standard InChI is InChI=1S/C20H22N2O4S/c1-27(24,25)22-18-7-4-8-19(14-18)26-12-11-21-20(23)17-10-9-15-5-2-3-6-16(15)13-17/h2,4-5,7-10,13-14,22H,3,6,11-12H2,1H3,(H,21,23). The summed E-state index contributed by atoms with van der Waals surface area (Å²) in [6.45, 7) is 0.626. The summed E-state index contributed by atoms with van der Waals surface area (Å²) in [5.74, 6) is 0.391.